The van der Waals surface area contributed by atoms with Crippen molar-refractivity contribution < 1.29 is 39.2 Å². The van der Waals surface area contributed by atoms with Gasteiger partial charge in [-0.1, -0.05) is 0 Å². The summed E-state index contributed by atoms with van der Waals surface area (Å²) in [6.45, 7) is 1.58. The molecule has 0 saturated heterocycles. The van der Waals surface area contributed by atoms with E-state index in [-0.39, 0.29) is 29.1 Å². The smallest absolute Gasteiger partial charge is 0.418 e. The predicted octanol–water partition coefficient (Wildman–Crippen LogP) is 3.08. The van der Waals surface area contributed by atoms with Gasteiger partial charge in [0.1, 0.15) is 0 Å². The van der Waals surface area contributed by atoms with Crippen LogP contribution in [0.5, 0.6) is 0 Å². The molecule has 0 aliphatic carbocycles. The van der Waals surface area contributed by atoms with Crippen LogP contribution in [0.2, 0.25) is 0 Å². The van der Waals surface area contributed by atoms with E-state index in [1.807, 2.05) is 0 Å². The summed E-state index contributed by atoms with van der Waals surface area (Å²) in [6, 6.07) is 8.38. The molecule has 0 radical (unpaired) electrons. The molecule has 0 unspecified atom stereocenters. The van der Waals surface area contributed by atoms with Gasteiger partial charge in [0.2, 0.25) is 0 Å². The molecule has 0 atom stereocenters. The maximum Gasteiger partial charge on any atom is 0.418 e. The van der Waals surface area contributed by atoms with Gasteiger partial charge in [-0.25, -0.2) is 24.1 Å². The van der Waals surface area contributed by atoms with Gasteiger partial charge in [-0.15, -0.1) is 0 Å². The third-order valence-corrected chi connectivity index (χ3v) is 3.54. The number of carbonyl (C=O) groups excluding carboxylic acids is 1. The van der Waals surface area contributed by atoms with Crippen molar-refractivity contribution in [2.75, 3.05) is 11.5 Å². The number of hydrogen-bond donors (Lipinski definition) is 3. The van der Waals surface area contributed by atoms with E-state index >= 15 is 0 Å². The van der Waals surface area contributed by atoms with Crippen molar-refractivity contribution in [3.63, 3.8) is 0 Å². The van der Waals surface area contributed by atoms with Crippen LogP contribution in [0.1, 0.15) is 38.0 Å². The number of benzene rings is 2. The first kappa shape index (κ1) is 19.4. The second kappa shape index (κ2) is 8.00. The number of anilines is 2. The number of aromatic carboxylic acids is 3. The van der Waals surface area contributed by atoms with E-state index in [0.717, 1.165) is 17.0 Å². The van der Waals surface area contributed by atoms with Crippen molar-refractivity contribution in [2.45, 2.75) is 6.92 Å². The molecule has 9 heteroatoms. The van der Waals surface area contributed by atoms with Crippen LogP contribution in [-0.2, 0) is 4.74 Å². The number of carboxylic acids is 3. The Hall–Kier alpha value is -3.88. The molecule has 3 N–H and O–H groups in total. The van der Waals surface area contributed by atoms with Crippen LogP contribution in [0.4, 0.5) is 16.2 Å². The van der Waals surface area contributed by atoms with E-state index in [1.165, 1.54) is 30.3 Å². The summed E-state index contributed by atoms with van der Waals surface area (Å²) < 4.78 is 4.96. The van der Waals surface area contributed by atoms with E-state index in [2.05, 4.69) is 0 Å². The Bertz CT molecular complexity index is 904. The van der Waals surface area contributed by atoms with Crippen LogP contribution in [0.25, 0.3) is 0 Å². The molecule has 2 rings (SSSR count). The van der Waals surface area contributed by atoms with Gasteiger partial charge in [-0.3, -0.25) is 0 Å². The molecule has 2 aromatic rings. The summed E-state index contributed by atoms with van der Waals surface area (Å²) in [6.07, 6.45) is -0.897. The number of rotatable bonds is 6. The molecule has 0 aliphatic heterocycles. The monoisotopic (exact) mass is 373 g/mol. The van der Waals surface area contributed by atoms with Crippen LogP contribution in [-0.4, -0.2) is 45.9 Å². The first-order valence-electron chi connectivity index (χ1n) is 7.67. The van der Waals surface area contributed by atoms with Crippen LogP contribution in [0.3, 0.4) is 0 Å². The van der Waals surface area contributed by atoms with Gasteiger partial charge >= 0.3 is 24.0 Å². The fraction of sp³-hybridized carbons (Fsp3) is 0.111. The van der Waals surface area contributed by atoms with Crippen molar-refractivity contribution in [1.82, 2.24) is 0 Å². The molecule has 0 aromatic heterocycles. The van der Waals surface area contributed by atoms with Crippen LogP contribution < -0.4 is 4.90 Å². The van der Waals surface area contributed by atoms with Crippen LogP contribution in [0, 0.1) is 0 Å². The lowest BCUT2D eigenvalue weighted by Gasteiger charge is -2.24. The molecule has 0 saturated carbocycles. The van der Waals surface area contributed by atoms with E-state index in [9.17, 15) is 24.3 Å². The zero-order valence-corrected chi connectivity index (χ0v) is 14.1. The minimum absolute atomic E-state index is 0.0121. The van der Waals surface area contributed by atoms with Gasteiger partial charge in [-0.2, -0.15) is 0 Å². The van der Waals surface area contributed by atoms with E-state index in [4.69, 9.17) is 14.9 Å². The highest BCUT2D eigenvalue weighted by Gasteiger charge is 2.26. The summed E-state index contributed by atoms with van der Waals surface area (Å²) in [4.78, 5) is 47.1. The van der Waals surface area contributed by atoms with Gasteiger partial charge in [0.05, 0.1) is 34.7 Å². The second-order valence-corrected chi connectivity index (χ2v) is 5.23. The molecule has 9 nitrogen and oxygen atoms in total. The van der Waals surface area contributed by atoms with Gasteiger partial charge in [-0.05, 0) is 49.4 Å². The number of nitrogens with zero attached hydrogens (tertiary/aromatic N) is 1. The van der Waals surface area contributed by atoms with Crippen molar-refractivity contribution >= 4 is 35.4 Å². The Kier molecular flexibility index (Phi) is 5.76. The fourth-order valence-corrected chi connectivity index (χ4v) is 2.32. The summed E-state index contributed by atoms with van der Waals surface area (Å²) in [5.41, 5.74) is -0.674. The summed E-state index contributed by atoms with van der Waals surface area (Å²) in [5, 5.41) is 27.5. The zero-order valence-electron chi connectivity index (χ0n) is 14.1. The van der Waals surface area contributed by atoms with Crippen molar-refractivity contribution in [2.24, 2.45) is 0 Å². The average molecular weight is 373 g/mol. The average Bonchev–Trinajstić information content (AvgIpc) is 2.62. The highest BCUT2D eigenvalue weighted by atomic mass is 16.6. The molecule has 27 heavy (non-hydrogen) atoms. The topological polar surface area (TPSA) is 141 Å². The Labute approximate surface area is 153 Å². The van der Waals surface area contributed by atoms with E-state index in [0.29, 0.717) is 0 Å². The standard InChI is InChI=1S/C18H15NO8/c1-2-27-18(26)19(12-6-3-10(4-7-12)15(20)21)14-8-5-11(16(22)23)9-13(14)17(24)25/h3-9H,2H2,1H3,(H,20,21)(H,22,23)(H,24,25). The third-order valence-electron chi connectivity index (χ3n) is 3.54. The SMILES string of the molecule is CCOC(=O)N(c1ccc(C(=O)O)cc1)c1ccc(C(=O)O)cc1C(=O)O. The largest absolute Gasteiger partial charge is 0.478 e. The minimum Gasteiger partial charge on any atom is -0.478 e. The number of carboxylic acid groups (broad SMARTS) is 3. The Morgan fingerprint density at radius 3 is 1.89 bits per heavy atom. The minimum atomic E-state index is -1.44. The lowest BCUT2D eigenvalue weighted by Crippen LogP contribution is -2.28. The van der Waals surface area contributed by atoms with Gasteiger partial charge in [0.15, 0.2) is 0 Å². The maximum absolute atomic E-state index is 12.4. The quantitative estimate of drug-likeness (QED) is 0.701. The van der Waals surface area contributed by atoms with Crippen LogP contribution >= 0.6 is 0 Å². The Morgan fingerprint density at radius 1 is 0.852 bits per heavy atom. The third kappa shape index (κ3) is 4.21. The lowest BCUT2D eigenvalue weighted by atomic mass is 10.1. The molecule has 0 fully saturated rings. The molecule has 2 aromatic carbocycles. The molecule has 0 heterocycles. The number of ether oxygens (including phenoxy) is 1. The summed E-state index contributed by atoms with van der Waals surface area (Å²) in [5.74, 6) is -3.93. The maximum atomic E-state index is 12.4. The molecular formula is C18H15NO8. The van der Waals surface area contributed by atoms with Crippen molar-refractivity contribution in [3.8, 4) is 0 Å². The van der Waals surface area contributed by atoms with Crippen molar-refractivity contribution in [3.05, 3.63) is 59.2 Å². The van der Waals surface area contributed by atoms with Gasteiger partial charge in [0, 0.05) is 0 Å². The predicted molar refractivity (Wildman–Crippen MR) is 92.9 cm³/mol. The molecule has 0 aliphatic rings. The molecule has 1 amide bonds. The number of hydrogen-bond acceptors (Lipinski definition) is 5. The molecular weight excluding hydrogens is 358 g/mol. The summed E-state index contributed by atoms with van der Waals surface area (Å²) in [7, 11) is 0. The number of carbonyl (C=O) groups is 4. The fourth-order valence-electron chi connectivity index (χ4n) is 2.32. The van der Waals surface area contributed by atoms with Crippen LogP contribution in [0.15, 0.2) is 42.5 Å². The van der Waals surface area contributed by atoms with Crippen molar-refractivity contribution in [1.29, 1.82) is 0 Å². The highest BCUT2D eigenvalue weighted by Crippen LogP contribution is 2.31. The lowest BCUT2D eigenvalue weighted by molar-refractivity contribution is 0.0682. The van der Waals surface area contributed by atoms with Gasteiger partial charge in [0.25, 0.3) is 0 Å². The first-order chi connectivity index (χ1) is 12.8. The first-order valence-corrected chi connectivity index (χ1v) is 7.67. The van der Waals surface area contributed by atoms with Gasteiger partial charge < -0.3 is 20.1 Å². The zero-order chi connectivity index (χ0) is 20.1. The second-order valence-electron chi connectivity index (χ2n) is 5.23. The summed E-state index contributed by atoms with van der Waals surface area (Å²) >= 11 is 0. The highest BCUT2D eigenvalue weighted by molar-refractivity contribution is 6.05. The molecule has 140 valence electrons. The Balaban J connectivity index is 2.64. The normalized spacial score (nSPS) is 10.1. The molecule has 0 bridgehead atoms. The molecule has 0 spiro atoms. The Morgan fingerprint density at radius 2 is 1.41 bits per heavy atom. The van der Waals surface area contributed by atoms with E-state index in [1.54, 1.807) is 6.92 Å². The number of amides is 1. The van der Waals surface area contributed by atoms with E-state index < -0.39 is 29.6 Å².